The topological polar surface area (TPSA) is 69.2 Å². The Morgan fingerprint density at radius 3 is 2.56 bits per heavy atom. The van der Waals surface area contributed by atoms with Gasteiger partial charge < -0.3 is 5.73 Å². The van der Waals surface area contributed by atoms with Crippen LogP contribution in [0.25, 0.3) is 0 Å². The van der Waals surface area contributed by atoms with E-state index in [1.54, 1.807) is 12.1 Å². The monoisotopic (exact) mass is 324 g/mol. The molecule has 0 spiro atoms. The molecule has 6 heteroatoms. The number of anilines is 1. The maximum absolute atomic E-state index is 10.7. The maximum atomic E-state index is 10.7. The Hall–Kier alpha value is -1.53. The molecule has 0 amide bonds. The van der Waals surface area contributed by atoms with Crippen molar-refractivity contribution < 1.29 is 4.92 Å². The predicted molar refractivity (Wildman–Crippen MR) is 75.8 cm³/mol. The van der Waals surface area contributed by atoms with E-state index in [-0.39, 0.29) is 11.4 Å². The van der Waals surface area contributed by atoms with Crippen LogP contribution in [-0.4, -0.2) is 4.92 Å². The Bertz CT molecular complexity index is 604. The molecule has 0 unspecified atom stereocenters. The zero-order valence-electron chi connectivity index (χ0n) is 9.17. The molecular weight excluding hydrogens is 316 g/mol. The second-order valence-corrected chi connectivity index (χ2v) is 5.48. The van der Waals surface area contributed by atoms with E-state index in [9.17, 15) is 10.1 Å². The van der Waals surface area contributed by atoms with Gasteiger partial charge in [0.2, 0.25) is 0 Å². The molecule has 4 nitrogen and oxygen atoms in total. The highest BCUT2D eigenvalue weighted by atomic mass is 79.9. The first kappa shape index (κ1) is 12.9. The van der Waals surface area contributed by atoms with Crippen molar-refractivity contribution in [1.29, 1.82) is 0 Å². The third-order valence-electron chi connectivity index (χ3n) is 2.26. The Kier molecular flexibility index (Phi) is 3.88. The number of nitrogen functional groups attached to an aromatic ring is 1. The molecule has 92 valence electrons. The second-order valence-electron chi connectivity index (χ2n) is 3.51. The Morgan fingerprint density at radius 1 is 1.22 bits per heavy atom. The predicted octanol–water partition coefficient (Wildman–Crippen LogP) is 4.09. The lowest BCUT2D eigenvalue weighted by Crippen LogP contribution is -1.95. The summed E-state index contributed by atoms with van der Waals surface area (Å²) in [5.74, 6) is 0. The number of nitrogens with two attached hydrogens (primary N) is 1. The quantitative estimate of drug-likeness (QED) is 0.524. The van der Waals surface area contributed by atoms with Gasteiger partial charge in [-0.25, -0.2) is 0 Å². The number of nitro benzene ring substituents is 1. The molecule has 0 fully saturated rings. The fraction of sp³-hybridized carbons (Fsp3) is 0. The van der Waals surface area contributed by atoms with Gasteiger partial charge in [0.15, 0.2) is 0 Å². The van der Waals surface area contributed by atoms with E-state index >= 15 is 0 Å². The minimum Gasteiger partial charge on any atom is -0.393 e. The van der Waals surface area contributed by atoms with Crippen LogP contribution in [0.15, 0.2) is 56.7 Å². The number of hydrogen-bond donors (Lipinski definition) is 1. The van der Waals surface area contributed by atoms with E-state index in [4.69, 9.17) is 5.73 Å². The zero-order valence-corrected chi connectivity index (χ0v) is 11.6. The van der Waals surface area contributed by atoms with Gasteiger partial charge in [-0.05, 0) is 40.2 Å². The summed E-state index contributed by atoms with van der Waals surface area (Å²) in [4.78, 5) is 12.1. The molecule has 0 bridgehead atoms. The summed E-state index contributed by atoms with van der Waals surface area (Å²) in [5, 5.41) is 10.7. The molecule has 2 rings (SSSR count). The molecule has 0 aliphatic carbocycles. The van der Waals surface area contributed by atoms with Gasteiger partial charge in [-0.3, -0.25) is 10.1 Å². The lowest BCUT2D eigenvalue weighted by molar-refractivity contribution is -0.383. The molecule has 0 saturated heterocycles. The number of rotatable bonds is 3. The molecule has 0 aliphatic heterocycles. The van der Waals surface area contributed by atoms with Crippen LogP contribution < -0.4 is 5.73 Å². The highest BCUT2D eigenvalue weighted by Gasteiger charge is 2.12. The van der Waals surface area contributed by atoms with Crippen LogP contribution in [0.4, 0.5) is 11.4 Å². The van der Waals surface area contributed by atoms with Crippen molar-refractivity contribution in [3.63, 3.8) is 0 Å². The van der Waals surface area contributed by atoms with Gasteiger partial charge in [0, 0.05) is 20.3 Å². The lowest BCUT2D eigenvalue weighted by Gasteiger charge is -2.05. The van der Waals surface area contributed by atoms with E-state index in [1.165, 1.54) is 17.8 Å². The third kappa shape index (κ3) is 2.83. The van der Waals surface area contributed by atoms with Crippen molar-refractivity contribution in [2.75, 3.05) is 5.73 Å². The first-order valence-corrected chi connectivity index (χ1v) is 6.65. The smallest absolute Gasteiger partial charge is 0.292 e. The molecule has 2 aromatic carbocycles. The largest absolute Gasteiger partial charge is 0.393 e. The average Bonchev–Trinajstić information content (AvgIpc) is 2.32. The van der Waals surface area contributed by atoms with E-state index in [2.05, 4.69) is 15.9 Å². The molecule has 0 aromatic heterocycles. The Balaban J connectivity index is 2.29. The van der Waals surface area contributed by atoms with E-state index in [1.807, 2.05) is 24.3 Å². The van der Waals surface area contributed by atoms with Crippen LogP contribution in [0, 0.1) is 10.1 Å². The van der Waals surface area contributed by atoms with Crippen molar-refractivity contribution >= 4 is 39.1 Å². The molecule has 0 heterocycles. The van der Waals surface area contributed by atoms with Crippen molar-refractivity contribution in [2.24, 2.45) is 0 Å². The number of benzene rings is 2. The molecule has 0 atom stereocenters. The molecule has 2 N–H and O–H groups in total. The summed E-state index contributed by atoms with van der Waals surface area (Å²) < 4.78 is 0.979. The van der Waals surface area contributed by atoms with Crippen molar-refractivity contribution in [1.82, 2.24) is 0 Å². The molecule has 0 aliphatic rings. The number of hydrogen-bond acceptors (Lipinski definition) is 4. The van der Waals surface area contributed by atoms with Crippen molar-refractivity contribution in [3.05, 3.63) is 57.1 Å². The van der Waals surface area contributed by atoms with Gasteiger partial charge in [0.25, 0.3) is 5.69 Å². The third-order valence-corrected chi connectivity index (χ3v) is 4.28. The van der Waals surface area contributed by atoms with Gasteiger partial charge in [-0.15, -0.1) is 0 Å². The highest BCUT2D eigenvalue weighted by molar-refractivity contribution is 9.10. The lowest BCUT2D eigenvalue weighted by atomic mass is 10.3. The van der Waals surface area contributed by atoms with Crippen LogP contribution >= 0.6 is 27.7 Å². The summed E-state index contributed by atoms with van der Waals surface area (Å²) in [6.07, 6.45) is 0. The van der Waals surface area contributed by atoms with Gasteiger partial charge in [-0.1, -0.05) is 23.9 Å². The molecular formula is C12H9BrN2O2S. The number of halogens is 1. The van der Waals surface area contributed by atoms with Crippen molar-refractivity contribution in [3.8, 4) is 0 Å². The number of nitro groups is 1. The minimum atomic E-state index is -0.484. The average molecular weight is 325 g/mol. The highest BCUT2D eigenvalue weighted by Crippen LogP contribution is 2.35. The standard InChI is InChI=1S/C12H9BrN2O2S/c13-9-3-1-2-4-12(9)18-8-5-6-11(15(16)17)10(14)7-8/h1-7H,14H2. The molecule has 0 radical (unpaired) electrons. The summed E-state index contributed by atoms with van der Waals surface area (Å²) in [7, 11) is 0. The normalized spacial score (nSPS) is 10.3. The fourth-order valence-electron chi connectivity index (χ4n) is 1.42. The van der Waals surface area contributed by atoms with Crippen LogP contribution in [-0.2, 0) is 0 Å². The van der Waals surface area contributed by atoms with Gasteiger partial charge >= 0.3 is 0 Å². The minimum absolute atomic E-state index is 0.0634. The van der Waals surface area contributed by atoms with Gasteiger partial charge in [0.05, 0.1) is 4.92 Å². The molecule has 18 heavy (non-hydrogen) atoms. The molecule has 2 aromatic rings. The van der Waals surface area contributed by atoms with Gasteiger partial charge in [-0.2, -0.15) is 0 Å². The van der Waals surface area contributed by atoms with E-state index < -0.39 is 4.92 Å². The van der Waals surface area contributed by atoms with Crippen LogP contribution in [0.3, 0.4) is 0 Å². The summed E-state index contributed by atoms with van der Waals surface area (Å²) in [5.41, 5.74) is 5.76. The van der Waals surface area contributed by atoms with Crippen LogP contribution in [0.5, 0.6) is 0 Å². The Labute approximate surface area is 116 Å². The maximum Gasteiger partial charge on any atom is 0.292 e. The van der Waals surface area contributed by atoms with E-state index in [0.717, 1.165) is 14.3 Å². The van der Waals surface area contributed by atoms with E-state index in [0.29, 0.717) is 0 Å². The second kappa shape index (κ2) is 5.41. The molecule has 0 saturated carbocycles. The zero-order chi connectivity index (χ0) is 13.1. The fourth-order valence-corrected chi connectivity index (χ4v) is 2.83. The summed E-state index contributed by atoms with van der Waals surface area (Å²) in [6, 6.07) is 12.5. The van der Waals surface area contributed by atoms with Gasteiger partial charge in [0.1, 0.15) is 5.69 Å². The van der Waals surface area contributed by atoms with Crippen LogP contribution in [0.2, 0.25) is 0 Å². The SMILES string of the molecule is Nc1cc(Sc2ccccc2Br)ccc1[N+](=O)[O-]. The first-order chi connectivity index (χ1) is 8.58. The Morgan fingerprint density at radius 2 is 1.94 bits per heavy atom. The summed E-state index contributed by atoms with van der Waals surface area (Å²) in [6.45, 7) is 0. The van der Waals surface area contributed by atoms with Crippen LogP contribution in [0.1, 0.15) is 0 Å². The first-order valence-electron chi connectivity index (χ1n) is 5.04. The van der Waals surface area contributed by atoms with Crippen molar-refractivity contribution in [2.45, 2.75) is 9.79 Å². The number of nitrogens with zero attached hydrogens (tertiary/aromatic N) is 1. The summed E-state index contributed by atoms with van der Waals surface area (Å²) >= 11 is 4.95.